The van der Waals surface area contributed by atoms with Gasteiger partial charge in [0.1, 0.15) is 5.82 Å². The van der Waals surface area contributed by atoms with Gasteiger partial charge in [-0.2, -0.15) is 0 Å². The molecule has 2 N–H and O–H groups in total. The average Bonchev–Trinajstić information content (AvgIpc) is 2.35. The molecule has 0 bridgehead atoms. The Hall–Kier alpha value is -1.89. The lowest BCUT2D eigenvalue weighted by molar-refractivity contribution is -0.384. The number of hydrogen-bond donors (Lipinski definition) is 2. The fourth-order valence-electron chi connectivity index (χ4n) is 1.41. The van der Waals surface area contributed by atoms with Crippen molar-refractivity contribution in [3.63, 3.8) is 0 Å². The third-order valence-corrected chi connectivity index (χ3v) is 2.28. The molecule has 18 heavy (non-hydrogen) atoms. The molecule has 0 spiro atoms. The molecule has 1 atom stereocenters. The lowest BCUT2D eigenvalue weighted by Gasteiger charge is -2.14. The summed E-state index contributed by atoms with van der Waals surface area (Å²) in [5, 5.41) is 16.7. The van der Waals surface area contributed by atoms with Crippen LogP contribution in [0.3, 0.4) is 0 Å². The summed E-state index contributed by atoms with van der Waals surface area (Å²) in [7, 11) is 1.71. The Morgan fingerprint density at radius 2 is 2.28 bits per heavy atom. The molecule has 0 aliphatic heterocycles. The van der Waals surface area contributed by atoms with Crippen molar-refractivity contribution in [2.75, 3.05) is 30.9 Å². The number of pyridine rings is 1. The van der Waals surface area contributed by atoms with E-state index in [0.29, 0.717) is 19.0 Å². The van der Waals surface area contributed by atoms with E-state index in [-0.39, 0.29) is 17.5 Å². The Balaban J connectivity index is 2.86. The third kappa shape index (κ3) is 3.85. The second kappa shape index (κ2) is 6.75. The average molecular weight is 254 g/mol. The Morgan fingerprint density at radius 3 is 2.83 bits per heavy atom. The van der Waals surface area contributed by atoms with Gasteiger partial charge in [0.15, 0.2) is 0 Å². The standard InChI is InChI=1S/C11H18N4O3/c1-4-18-7-8(2)13-11-9(15(16)17)5-6-10(12-3)14-11/h5-6,8H,4,7H2,1-3H3,(H2,12,13,14). The van der Waals surface area contributed by atoms with E-state index in [1.165, 1.54) is 6.07 Å². The van der Waals surface area contributed by atoms with Gasteiger partial charge in [0, 0.05) is 25.8 Å². The molecule has 0 saturated heterocycles. The van der Waals surface area contributed by atoms with Gasteiger partial charge in [-0.15, -0.1) is 0 Å². The predicted octanol–water partition coefficient (Wildman–Crippen LogP) is 1.87. The van der Waals surface area contributed by atoms with Crippen molar-refractivity contribution >= 4 is 17.3 Å². The van der Waals surface area contributed by atoms with Crippen molar-refractivity contribution in [3.05, 3.63) is 22.2 Å². The summed E-state index contributed by atoms with van der Waals surface area (Å²) in [5.74, 6) is 0.825. The highest BCUT2D eigenvalue weighted by atomic mass is 16.6. The largest absolute Gasteiger partial charge is 0.380 e. The highest BCUT2D eigenvalue weighted by Gasteiger charge is 2.17. The summed E-state index contributed by atoms with van der Waals surface area (Å²) in [5.41, 5.74) is -0.0441. The van der Waals surface area contributed by atoms with Crippen molar-refractivity contribution in [2.24, 2.45) is 0 Å². The summed E-state index contributed by atoms with van der Waals surface area (Å²) < 4.78 is 5.25. The fourth-order valence-corrected chi connectivity index (χ4v) is 1.41. The van der Waals surface area contributed by atoms with Crippen molar-refractivity contribution < 1.29 is 9.66 Å². The van der Waals surface area contributed by atoms with Gasteiger partial charge in [-0.1, -0.05) is 0 Å². The normalized spacial score (nSPS) is 11.9. The highest BCUT2D eigenvalue weighted by Crippen LogP contribution is 2.24. The Bertz CT molecular complexity index is 411. The first-order valence-corrected chi connectivity index (χ1v) is 5.76. The number of nitrogens with zero attached hydrogens (tertiary/aromatic N) is 2. The molecule has 7 nitrogen and oxygen atoms in total. The van der Waals surface area contributed by atoms with Gasteiger partial charge in [0.2, 0.25) is 5.82 Å². The smallest absolute Gasteiger partial charge is 0.311 e. The SMILES string of the molecule is CCOCC(C)Nc1nc(NC)ccc1[N+](=O)[O-]. The minimum Gasteiger partial charge on any atom is -0.380 e. The molecule has 1 aromatic rings. The maximum Gasteiger partial charge on any atom is 0.311 e. The third-order valence-electron chi connectivity index (χ3n) is 2.28. The molecule has 0 fully saturated rings. The highest BCUT2D eigenvalue weighted by molar-refractivity contribution is 5.60. The van der Waals surface area contributed by atoms with Crippen LogP contribution in [0.4, 0.5) is 17.3 Å². The molecule has 100 valence electrons. The molecule has 0 aliphatic carbocycles. The maximum atomic E-state index is 10.9. The lowest BCUT2D eigenvalue weighted by Crippen LogP contribution is -2.23. The first kappa shape index (κ1) is 14.2. The Morgan fingerprint density at radius 1 is 1.56 bits per heavy atom. The van der Waals surface area contributed by atoms with E-state index in [4.69, 9.17) is 4.74 Å². The van der Waals surface area contributed by atoms with Crippen molar-refractivity contribution in [1.29, 1.82) is 0 Å². The van der Waals surface area contributed by atoms with Crippen LogP contribution in [-0.4, -0.2) is 36.2 Å². The fraction of sp³-hybridized carbons (Fsp3) is 0.545. The number of nitro groups is 1. The second-order valence-corrected chi connectivity index (χ2v) is 3.78. The summed E-state index contributed by atoms with van der Waals surface area (Å²) in [6.45, 7) is 4.86. The summed E-state index contributed by atoms with van der Waals surface area (Å²) in [4.78, 5) is 14.6. The van der Waals surface area contributed by atoms with Crippen LogP contribution in [0.25, 0.3) is 0 Å². The zero-order valence-electron chi connectivity index (χ0n) is 10.8. The van der Waals surface area contributed by atoms with E-state index in [1.807, 2.05) is 13.8 Å². The first-order chi connectivity index (χ1) is 8.58. The Labute approximate surface area is 106 Å². The molecule has 1 heterocycles. The van der Waals surface area contributed by atoms with Gasteiger partial charge in [-0.25, -0.2) is 4.98 Å². The number of nitrogens with one attached hydrogen (secondary N) is 2. The lowest BCUT2D eigenvalue weighted by atomic mass is 10.3. The van der Waals surface area contributed by atoms with Gasteiger partial charge >= 0.3 is 5.69 Å². The van der Waals surface area contributed by atoms with Crippen LogP contribution in [-0.2, 0) is 4.74 Å². The van der Waals surface area contributed by atoms with E-state index < -0.39 is 4.92 Å². The van der Waals surface area contributed by atoms with E-state index in [2.05, 4.69) is 15.6 Å². The molecular formula is C11H18N4O3. The monoisotopic (exact) mass is 254 g/mol. The van der Waals surface area contributed by atoms with Crippen LogP contribution in [0.15, 0.2) is 12.1 Å². The second-order valence-electron chi connectivity index (χ2n) is 3.78. The van der Waals surface area contributed by atoms with Crippen LogP contribution in [0, 0.1) is 10.1 Å². The zero-order valence-corrected chi connectivity index (χ0v) is 10.8. The summed E-state index contributed by atoms with van der Waals surface area (Å²) >= 11 is 0. The van der Waals surface area contributed by atoms with Crippen LogP contribution < -0.4 is 10.6 Å². The first-order valence-electron chi connectivity index (χ1n) is 5.76. The maximum absolute atomic E-state index is 10.9. The number of ether oxygens (including phenoxy) is 1. The quantitative estimate of drug-likeness (QED) is 0.570. The molecule has 1 unspecified atom stereocenters. The van der Waals surface area contributed by atoms with Crippen LogP contribution in [0.2, 0.25) is 0 Å². The molecular weight excluding hydrogens is 236 g/mol. The van der Waals surface area contributed by atoms with E-state index in [0.717, 1.165) is 0 Å². The van der Waals surface area contributed by atoms with Gasteiger partial charge in [-0.3, -0.25) is 10.1 Å². The van der Waals surface area contributed by atoms with Crippen molar-refractivity contribution in [3.8, 4) is 0 Å². The van der Waals surface area contributed by atoms with Crippen molar-refractivity contribution in [2.45, 2.75) is 19.9 Å². The predicted molar refractivity (Wildman–Crippen MR) is 70.0 cm³/mol. The number of rotatable bonds is 7. The zero-order chi connectivity index (χ0) is 13.5. The van der Waals surface area contributed by atoms with E-state index in [1.54, 1.807) is 13.1 Å². The summed E-state index contributed by atoms with van der Waals surface area (Å²) in [6.07, 6.45) is 0. The molecule has 0 aromatic carbocycles. The van der Waals surface area contributed by atoms with E-state index >= 15 is 0 Å². The summed E-state index contributed by atoms with van der Waals surface area (Å²) in [6, 6.07) is 2.94. The molecule has 0 amide bonds. The van der Waals surface area contributed by atoms with Gasteiger partial charge in [0.25, 0.3) is 0 Å². The minimum atomic E-state index is -0.456. The minimum absolute atomic E-state index is 0.0441. The molecule has 0 aliphatic rings. The Kier molecular flexibility index (Phi) is 5.31. The number of aromatic nitrogens is 1. The van der Waals surface area contributed by atoms with Gasteiger partial charge in [0.05, 0.1) is 11.5 Å². The van der Waals surface area contributed by atoms with Crippen molar-refractivity contribution in [1.82, 2.24) is 4.98 Å². The number of hydrogen-bond acceptors (Lipinski definition) is 6. The van der Waals surface area contributed by atoms with Gasteiger partial charge in [-0.05, 0) is 19.9 Å². The molecule has 1 rings (SSSR count). The van der Waals surface area contributed by atoms with Gasteiger partial charge < -0.3 is 15.4 Å². The molecule has 0 saturated carbocycles. The number of anilines is 2. The van der Waals surface area contributed by atoms with Crippen LogP contribution >= 0.6 is 0 Å². The molecule has 0 radical (unpaired) electrons. The molecule has 1 aromatic heterocycles. The van der Waals surface area contributed by atoms with Crippen LogP contribution in [0.5, 0.6) is 0 Å². The van der Waals surface area contributed by atoms with E-state index in [9.17, 15) is 10.1 Å². The molecule has 7 heteroatoms. The topological polar surface area (TPSA) is 89.3 Å². The van der Waals surface area contributed by atoms with Crippen LogP contribution in [0.1, 0.15) is 13.8 Å².